The van der Waals surface area contributed by atoms with Crippen LogP contribution in [-0.2, 0) is 5.54 Å². The van der Waals surface area contributed by atoms with E-state index < -0.39 is 5.54 Å². The third kappa shape index (κ3) is 1.90. The summed E-state index contributed by atoms with van der Waals surface area (Å²) < 4.78 is 5.46. The summed E-state index contributed by atoms with van der Waals surface area (Å²) in [6.45, 7) is 2.26. The van der Waals surface area contributed by atoms with Gasteiger partial charge in [-0.3, -0.25) is 4.98 Å². The summed E-state index contributed by atoms with van der Waals surface area (Å²) in [5.74, 6) is 1.30. The van der Waals surface area contributed by atoms with Crippen LogP contribution < -0.4 is 10.5 Å². The molecule has 1 aliphatic carbocycles. The number of hydrogen-bond acceptors (Lipinski definition) is 3. The minimum absolute atomic E-state index is 0.539. The molecule has 0 fully saturated rings. The van der Waals surface area contributed by atoms with Crippen molar-refractivity contribution in [2.24, 2.45) is 5.73 Å². The van der Waals surface area contributed by atoms with Crippen LogP contribution in [0.1, 0.15) is 42.5 Å². The van der Waals surface area contributed by atoms with E-state index in [1.54, 1.807) is 13.3 Å². The van der Waals surface area contributed by atoms with Gasteiger partial charge in [0, 0.05) is 6.20 Å². The molecule has 1 aromatic heterocycles. The van der Waals surface area contributed by atoms with Gasteiger partial charge < -0.3 is 10.5 Å². The molecule has 2 atom stereocenters. The topological polar surface area (TPSA) is 48.1 Å². The lowest BCUT2D eigenvalue weighted by Gasteiger charge is -2.38. The maximum atomic E-state index is 6.79. The number of nitrogens with zero attached hydrogens (tertiary/aromatic N) is 1. The van der Waals surface area contributed by atoms with Gasteiger partial charge in [0.25, 0.3) is 0 Å². The molecular formula is C17H20N2O. The first-order valence-electron chi connectivity index (χ1n) is 7.04. The summed E-state index contributed by atoms with van der Waals surface area (Å²) in [5.41, 5.74) is 9.57. The van der Waals surface area contributed by atoms with Crippen molar-refractivity contribution < 1.29 is 4.74 Å². The molecule has 0 bridgehead atoms. The molecule has 1 aliphatic rings. The molecule has 2 unspecified atom stereocenters. The molecule has 3 rings (SSSR count). The van der Waals surface area contributed by atoms with Gasteiger partial charge in [-0.05, 0) is 42.0 Å². The van der Waals surface area contributed by atoms with E-state index in [0.29, 0.717) is 5.92 Å². The summed E-state index contributed by atoms with van der Waals surface area (Å²) in [6.07, 6.45) is 3.74. The van der Waals surface area contributed by atoms with E-state index in [0.717, 1.165) is 24.3 Å². The predicted molar refractivity (Wildman–Crippen MR) is 79.8 cm³/mol. The first-order valence-corrected chi connectivity index (χ1v) is 7.04. The van der Waals surface area contributed by atoms with E-state index >= 15 is 0 Å². The molecule has 1 aromatic carbocycles. The fourth-order valence-electron chi connectivity index (χ4n) is 3.20. The molecule has 2 aromatic rings. The van der Waals surface area contributed by atoms with Gasteiger partial charge in [0.05, 0.1) is 12.6 Å². The molecule has 3 nitrogen and oxygen atoms in total. The molecule has 0 saturated heterocycles. The highest BCUT2D eigenvalue weighted by Crippen LogP contribution is 2.44. The Labute approximate surface area is 119 Å². The molecule has 3 heteroatoms. The molecule has 104 valence electrons. The summed E-state index contributed by atoms with van der Waals surface area (Å²) in [7, 11) is 1.67. The number of hydrogen-bond donors (Lipinski definition) is 1. The van der Waals surface area contributed by atoms with Crippen molar-refractivity contribution in [3.05, 3.63) is 59.4 Å². The Balaban J connectivity index is 2.20. The second-order valence-corrected chi connectivity index (χ2v) is 5.55. The maximum Gasteiger partial charge on any atom is 0.142 e. The van der Waals surface area contributed by atoms with Crippen molar-refractivity contribution in [2.45, 2.75) is 31.2 Å². The Morgan fingerprint density at radius 3 is 2.85 bits per heavy atom. The monoisotopic (exact) mass is 268 g/mol. The highest BCUT2D eigenvalue weighted by Gasteiger charge is 2.39. The average molecular weight is 268 g/mol. The molecule has 0 saturated carbocycles. The smallest absolute Gasteiger partial charge is 0.142 e. The summed E-state index contributed by atoms with van der Waals surface area (Å²) in [5, 5.41) is 0. The number of benzene rings is 1. The minimum Gasteiger partial charge on any atom is -0.495 e. The number of aromatic nitrogens is 1. The molecule has 0 aliphatic heterocycles. The van der Waals surface area contributed by atoms with E-state index in [4.69, 9.17) is 10.5 Å². The molecule has 0 amide bonds. The first kappa shape index (κ1) is 13.1. The third-order valence-corrected chi connectivity index (χ3v) is 4.36. The second kappa shape index (κ2) is 4.91. The van der Waals surface area contributed by atoms with Gasteiger partial charge in [-0.1, -0.05) is 31.2 Å². The van der Waals surface area contributed by atoms with Gasteiger partial charge in [-0.2, -0.15) is 0 Å². The Morgan fingerprint density at radius 2 is 2.05 bits per heavy atom. The predicted octanol–water partition coefficient (Wildman–Crippen LogP) is 3.19. The number of pyridine rings is 1. The summed E-state index contributed by atoms with van der Waals surface area (Å²) >= 11 is 0. The molecular weight excluding hydrogens is 248 g/mol. The van der Waals surface area contributed by atoms with Gasteiger partial charge in [0.1, 0.15) is 11.4 Å². The van der Waals surface area contributed by atoms with Crippen LogP contribution in [0.5, 0.6) is 5.75 Å². The quantitative estimate of drug-likeness (QED) is 0.910. The van der Waals surface area contributed by atoms with Crippen LogP contribution >= 0.6 is 0 Å². The fourth-order valence-corrected chi connectivity index (χ4v) is 3.20. The van der Waals surface area contributed by atoms with Crippen LogP contribution in [0, 0.1) is 0 Å². The molecule has 2 N–H and O–H groups in total. The lowest BCUT2D eigenvalue weighted by Crippen LogP contribution is -2.42. The van der Waals surface area contributed by atoms with Crippen LogP contribution in [0.3, 0.4) is 0 Å². The van der Waals surface area contributed by atoms with Crippen LogP contribution in [0.2, 0.25) is 0 Å². The number of fused-ring (bicyclic) bond motifs is 1. The van der Waals surface area contributed by atoms with Gasteiger partial charge in [-0.15, -0.1) is 0 Å². The van der Waals surface area contributed by atoms with Crippen molar-refractivity contribution >= 4 is 0 Å². The van der Waals surface area contributed by atoms with Crippen LogP contribution in [0.4, 0.5) is 0 Å². The lowest BCUT2D eigenvalue weighted by atomic mass is 9.71. The number of rotatable bonds is 2. The number of methoxy groups -OCH3 is 1. The zero-order chi connectivity index (χ0) is 14.2. The Morgan fingerprint density at radius 1 is 1.25 bits per heavy atom. The van der Waals surface area contributed by atoms with E-state index in [2.05, 4.69) is 30.1 Å². The van der Waals surface area contributed by atoms with Gasteiger partial charge >= 0.3 is 0 Å². The van der Waals surface area contributed by atoms with Crippen LogP contribution in [-0.4, -0.2) is 12.1 Å². The second-order valence-electron chi connectivity index (χ2n) is 5.55. The molecule has 20 heavy (non-hydrogen) atoms. The lowest BCUT2D eigenvalue weighted by molar-refractivity contribution is 0.360. The van der Waals surface area contributed by atoms with Gasteiger partial charge in [0.2, 0.25) is 0 Å². The van der Waals surface area contributed by atoms with Crippen molar-refractivity contribution in [1.82, 2.24) is 4.98 Å². The summed E-state index contributed by atoms with van der Waals surface area (Å²) in [6, 6.07) is 12.2. The third-order valence-electron chi connectivity index (χ3n) is 4.36. The Bertz CT molecular complexity index is 626. The van der Waals surface area contributed by atoms with E-state index in [-0.39, 0.29) is 0 Å². The van der Waals surface area contributed by atoms with E-state index in [1.807, 2.05) is 18.2 Å². The summed E-state index contributed by atoms with van der Waals surface area (Å²) in [4.78, 5) is 4.52. The SMILES string of the molecule is COc1cccnc1C1(N)CCC(C)c2ccccc21. The normalized spacial score (nSPS) is 25.1. The van der Waals surface area contributed by atoms with Crippen molar-refractivity contribution in [3.8, 4) is 5.75 Å². The van der Waals surface area contributed by atoms with Gasteiger partial charge in [0.15, 0.2) is 0 Å². The average Bonchev–Trinajstić information content (AvgIpc) is 2.51. The van der Waals surface area contributed by atoms with Crippen molar-refractivity contribution in [1.29, 1.82) is 0 Å². The number of nitrogens with two attached hydrogens (primary N) is 1. The standard InChI is InChI=1S/C17H20N2O/c1-12-9-10-17(18,14-7-4-3-6-13(12)14)16-15(20-2)8-5-11-19-16/h3-8,11-12H,9-10,18H2,1-2H3. The van der Waals surface area contributed by atoms with Crippen molar-refractivity contribution in [2.75, 3.05) is 7.11 Å². The van der Waals surface area contributed by atoms with Crippen molar-refractivity contribution in [3.63, 3.8) is 0 Å². The molecule has 1 heterocycles. The van der Waals surface area contributed by atoms with Gasteiger partial charge in [-0.25, -0.2) is 0 Å². The van der Waals surface area contributed by atoms with Crippen LogP contribution in [0.15, 0.2) is 42.6 Å². The number of ether oxygens (including phenoxy) is 1. The largest absolute Gasteiger partial charge is 0.495 e. The van der Waals surface area contributed by atoms with Crippen LogP contribution in [0.25, 0.3) is 0 Å². The fraction of sp³-hybridized carbons (Fsp3) is 0.353. The zero-order valence-electron chi connectivity index (χ0n) is 12.0. The Hall–Kier alpha value is -1.87. The van der Waals surface area contributed by atoms with E-state index in [1.165, 1.54) is 11.1 Å². The zero-order valence-corrected chi connectivity index (χ0v) is 12.0. The minimum atomic E-state index is -0.560. The molecule has 0 radical (unpaired) electrons. The highest BCUT2D eigenvalue weighted by atomic mass is 16.5. The van der Waals surface area contributed by atoms with E-state index in [9.17, 15) is 0 Å². The maximum absolute atomic E-state index is 6.79. The Kier molecular flexibility index (Phi) is 3.22. The first-order chi connectivity index (χ1) is 9.66. The molecule has 0 spiro atoms. The highest BCUT2D eigenvalue weighted by molar-refractivity contribution is 5.47.